The quantitative estimate of drug-likeness (QED) is 0.742. The Labute approximate surface area is 112 Å². The summed E-state index contributed by atoms with van der Waals surface area (Å²) in [6.07, 6.45) is 2.05. The van der Waals surface area contributed by atoms with Crippen LogP contribution in [0.3, 0.4) is 0 Å². The zero-order valence-corrected chi connectivity index (χ0v) is 13.2. The van der Waals surface area contributed by atoms with E-state index < -0.39 is 0 Å². The van der Waals surface area contributed by atoms with E-state index in [0.29, 0.717) is 12.4 Å². The molecular weight excluding hydrogens is 224 g/mol. The van der Waals surface area contributed by atoms with Gasteiger partial charge in [0.25, 0.3) is 0 Å². The summed E-state index contributed by atoms with van der Waals surface area (Å²) in [5.41, 5.74) is -0.00771. The smallest absolute Gasteiger partial charge is 0.144 e. The molecule has 1 heterocycles. The molecule has 3 unspecified atom stereocenters. The fraction of sp³-hybridized carbons (Fsp3) is 0.938. The van der Waals surface area contributed by atoms with Gasteiger partial charge >= 0.3 is 0 Å². The van der Waals surface area contributed by atoms with Crippen molar-refractivity contribution in [3.63, 3.8) is 0 Å². The Kier molecular flexibility index (Phi) is 4.64. The molecule has 1 rings (SSSR count). The van der Waals surface area contributed by atoms with Gasteiger partial charge in [0.05, 0.1) is 12.7 Å². The lowest BCUT2D eigenvalue weighted by molar-refractivity contribution is -0.166. The number of ketones is 1. The minimum Gasteiger partial charge on any atom is -0.376 e. The van der Waals surface area contributed by atoms with Gasteiger partial charge in [0.15, 0.2) is 0 Å². The van der Waals surface area contributed by atoms with Gasteiger partial charge in [-0.1, -0.05) is 54.9 Å². The molecule has 0 aromatic heterocycles. The van der Waals surface area contributed by atoms with Crippen LogP contribution in [-0.4, -0.2) is 18.5 Å². The van der Waals surface area contributed by atoms with E-state index >= 15 is 0 Å². The van der Waals surface area contributed by atoms with E-state index in [0.717, 1.165) is 12.8 Å². The van der Waals surface area contributed by atoms with Crippen molar-refractivity contribution in [3.8, 4) is 0 Å². The van der Waals surface area contributed by atoms with E-state index in [9.17, 15) is 4.79 Å². The molecule has 0 spiro atoms. The van der Waals surface area contributed by atoms with Crippen molar-refractivity contribution in [2.45, 2.75) is 67.4 Å². The number of ether oxygens (including phenoxy) is 1. The van der Waals surface area contributed by atoms with E-state index in [4.69, 9.17) is 4.74 Å². The van der Waals surface area contributed by atoms with Crippen molar-refractivity contribution in [2.24, 2.45) is 22.7 Å². The first-order valence-electron chi connectivity index (χ1n) is 7.24. The number of rotatable bonds is 2. The Hall–Kier alpha value is -0.370. The monoisotopic (exact) mass is 254 g/mol. The van der Waals surface area contributed by atoms with Gasteiger partial charge in [-0.2, -0.15) is 0 Å². The predicted molar refractivity (Wildman–Crippen MR) is 75.5 cm³/mol. The Morgan fingerprint density at radius 2 is 1.67 bits per heavy atom. The molecule has 0 bridgehead atoms. The molecule has 0 amide bonds. The molecule has 2 nitrogen and oxygen atoms in total. The molecule has 0 radical (unpaired) electrons. The molecule has 0 saturated carbocycles. The molecular formula is C16H30O2. The first kappa shape index (κ1) is 15.7. The fourth-order valence-corrected chi connectivity index (χ4v) is 3.01. The highest BCUT2D eigenvalue weighted by molar-refractivity contribution is 5.85. The molecule has 0 aliphatic carbocycles. The van der Waals surface area contributed by atoms with E-state index in [1.807, 2.05) is 0 Å². The average molecular weight is 254 g/mol. The fourth-order valence-electron chi connectivity index (χ4n) is 3.01. The van der Waals surface area contributed by atoms with Crippen LogP contribution in [0.15, 0.2) is 0 Å². The number of carbonyl (C=O) groups excluding carboxylic acids is 1. The third-order valence-corrected chi connectivity index (χ3v) is 3.91. The third kappa shape index (κ3) is 3.34. The normalized spacial score (nSPS) is 30.6. The summed E-state index contributed by atoms with van der Waals surface area (Å²) in [5, 5.41) is 0. The topological polar surface area (TPSA) is 26.3 Å². The maximum atomic E-state index is 12.7. The van der Waals surface area contributed by atoms with Gasteiger partial charge in [-0.05, 0) is 17.3 Å². The molecule has 0 N–H and O–H groups in total. The van der Waals surface area contributed by atoms with Crippen molar-refractivity contribution in [1.82, 2.24) is 0 Å². The first-order chi connectivity index (χ1) is 8.09. The first-order valence-corrected chi connectivity index (χ1v) is 7.24. The van der Waals surface area contributed by atoms with Gasteiger partial charge in [-0.25, -0.2) is 0 Å². The summed E-state index contributed by atoms with van der Waals surface area (Å²) in [6.45, 7) is 15.7. The zero-order chi connectivity index (χ0) is 14.1. The SMILES string of the molecule is CCCC1COC(C(C)(C)C)C(C(C)(C)C)C1=O. The molecule has 3 atom stereocenters. The zero-order valence-electron chi connectivity index (χ0n) is 13.2. The maximum absolute atomic E-state index is 12.7. The molecule has 18 heavy (non-hydrogen) atoms. The van der Waals surface area contributed by atoms with E-state index in [1.54, 1.807) is 0 Å². The summed E-state index contributed by atoms with van der Waals surface area (Å²) in [6, 6.07) is 0. The van der Waals surface area contributed by atoms with Crippen LogP contribution in [0.1, 0.15) is 61.3 Å². The molecule has 1 fully saturated rings. The van der Waals surface area contributed by atoms with Crippen LogP contribution < -0.4 is 0 Å². The number of Topliss-reactive ketones (excluding diaryl/α,β-unsaturated/α-hetero) is 1. The average Bonchev–Trinajstić information content (AvgIpc) is 2.17. The van der Waals surface area contributed by atoms with Crippen LogP contribution in [0, 0.1) is 22.7 Å². The van der Waals surface area contributed by atoms with Crippen molar-refractivity contribution < 1.29 is 9.53 Å². The summed E-state index contributed by atoms with van der Waals surface area (Å²) >= 11 is 0. The van der Waals surface area contributed by atoms with E-state index in [-0.39, 0.29) is 28.8 Å². The molecule has 1 aliphatic heterocycles. The maximum Gasteiger partial charge on any atom is 0.144 e. The van der Waals surface area contributed by atoms with Crippen LogP contribution in [0.2, 0.25) is 0 Å². The highest BCUT2D eigenvalue weighted by Crippen LogP contribution is 2.43. The molecule has 1 saturated heterocycles. The number of hydrogen-bond acceptors (Lipinski definition) is 2. The number of hydrogen-bond donors (Lipinski definition) is 0. The van der Waals surface area contributed by atoms with Gasteiger partial charge in [-0.3, -0.25) is 4.79 Å². The van der Waals surface area contributed by atoms with Crippen molar-refractivity contribution >= 4 is 5.78 Å². The van der Waals surface area contributed by atoms with Crippen LogP contribution in [0.25, 0.3) is 0 Å². The van der Waals surface area contributed by atoms with Gasteiger partial charge in [0.2, 0.25) is 0 Å². The van der Waals surface area contributed by atoms with E-state index in [1.165, 1.54) is 0 Å². The molecule has 2 heteroatoms. The Balaban J connectivity index is 3.01. The molecule has 106 valence electrons. The summed E-state index contributed by atoms with van der Waals surface area (Å²) in [5.74, 6) is 0.552. The molecule has 1 aliphatic rings. The van der Waals surface area contributed by atoms with Gasteiger partial charge < -0.3 is 4.74 Å². The van der Waals surface area contributed by atoms with E-state index in [2.05, 4.69) is 48.5 Å². The van der Waals surface area contributed by atoms with Gasteiger partial charge in [0, 0.05) is 11.8 Å². The largest absolute Gasteiger partial charge is 0.376 e. The standard InChI is InChI=1S/C16H30O2/c1-8-9-11-10-18-14(16(5,6)7)12(13(11)17)15(2,3)4/h11-12,14H,8-10H2,1-7H3. The minimum atomic E-state index is -0.0263. The lowest BCUT2D eigenvalue weighted by atomic mass is 9.64. The lowest BCUT2D eigenvalue weighted by Gasteiger charge is -2.47. The Morgan fingerprint density at radius 1 is 1.11 bits per heavy atom. The minimum absolute atomic E-state index is 0.0165. The van der Waals surface area contributed by atoms with Crippen LogP contribution in [-0.2, 0) is 9.53 Å². The highest BCUT2D eigenvalue weighted by atomic mass is 16.5. The second-order valence-electron chi connectivity index (χ2n) is 7.85. The molecule has 0 aromatic rings. The summed E-state index contributed by atoms with van der Waals surface area (Å²) in [4.78, 5) is 12.7. The summed E-state index contributed by atoms with van der Waals surface area (Å²) < 4.78 is 6.10. The predicted octanol–water partition coefficient (Wildman–Crippen LogP) is 4.08. The van der Waals surface area contributed by atoms with Crippen molar-refractivity contribution in [2.75, 3.05) is 6.61 Å². The third-order valence-electron chi connectivity index (χ3n) is 3.91. The second kappa shape index (κ2) is 5.32. The Bertz CT molecular complexity index is 293. The number of carbonyl (C=O) groups is 1. The van der Waals surface area contributed by atoms with Crippen molar-refractivity contribution in [3.05, 3.63) is 0 Å². The Morgan fingerprint density at radius 3 is 2.06 bits per heavy atom. The van der Waals surface area contributed by atoms with Crippen molar-refractivity contribution in [1.29, 1.82) is 0 Å². The van der Waals surface area contributed by atoms with Crippen LogP contribution in [0.5, 0.6) is 0 Å². The highest BCUT2D eigenvalue weighted by Gasteiger charge is 2.48. The summed E-state index contributed by atoms with van der Waals surface area (Å²) in [7, 11) is 0. The molecule has 0 aromatic carbocycles. The van der Waals surface area contributed by atoms with Gasteiger partial charge in [0.1, 0.15) is 5.78 Å². The van der Waals surface area contributed by atoms with Gasteiger partial charge in [-0.15, -0.1) is 0 Å². The van der Waals surface area contributed by atoms with Crippen LogP contribution in [0.4, 0.5) is 0 Å². The van der Waals surface area contributed by atoms with Crippen LogP contribution >= 0.6 is 0 Å². The lowest BCUT2D eigenvalue weighted by Crippen LogP contribution is -2.53. The second-order valence-corrected chi connectivity index (χ2v) is 7.85.